The number of anilines is 1. The predicted octanol–water partition coefficient (Wildman–Crippen LogP) is 4.11. The highest BCUT2D eigenvalue weighted by Gasteiger charge is 2.36. The fourth-order valence-electron chi connectivity index (χ4n) is 4.07. The van der Waals surface area contributed by atoms with Crippen LogP contribution in [0.15, 0.2) is 0 Å². The lowest BCUT2D eigenvalue weighted by Crippen LogP contribution is -2.36. The number of carboxylic acids is 1. The van der Waals surface area contributed by atoms with Crippen LogP contribution in [0, 0.1) is 23.2 Å². The summed E-state index contributed by atoms with van der Waals surface area (Å²) in [7, 11) is 0. The van der Waals surface area contributed by atoms with Crippen molar-refractivity contribution < 1.29 is 14.7 Å². The van der Waals surface area contributed by atoms with Crippen molar-refractivity contribution in [1.82, 2.24) is 0 Å². The Balaban J connectivity index is 1.82. The number of rotatable bonds is 3. The zero-order valence-corrected chi connectivity index (χ0v) is 15.2. The number of thiophene rings is 1. The average molecular weight is 360 g/mol. The zero-order valence-electron chi connectivity index (χ0n) is 14.3. The molecule has 2 N–H and O–H groups in total. The number of carboxylic acid groups (broad SMARTS) is 1. The molecule has 0 aromatic carbocycles. The highest BCUT2D eigenvalue weighted by atomic mass is 32.1. The minimum absolute atomic E-state index is 0.238. The molecule has 1 fully saturated rings. The summed E-state index contributed by atoms with van der Waals surface area (Å²) >= 11 is 1.51. The number of nitriles is 1. The molecular formula is C19H24N2O3S. The van der Waals surface area contributed by atoms with E-state index in [1.54, 1.807) is 0 Å². The first-order valence-electron chi connectivity index (χ1n) is 9.20. The van der Waals surface area contributed by atoms with Gasteiger partial charge in [-0.3, -0.25) is 9.59 Å². The average Bonchev–Trinajstić information content (AvgIpc) is 2.90. The van der Waals surface area contributed by atoms with E-state index < -0.39 is 17.8 Å². The van der Waals surface area contributed by atoms with Crippen molar-refractivity contribution in [3.8, 4) is 6.07 Å². The minimum Gasteiger partial charge on any atom is -0.481 e. The summed E-state index contributed by atoms with van der Waals surface area (Å²) in [4.78, 5) is 25.4. The van der Waals surface area contributed by atoms with Crippen molar-refractivity contribution in [1.29, 1.82) is 5.26 Å². The first-order valence-corrected chi connectivity index (χ1v) is 10.0. The molecule has 6 heteroatoms. The van der Waals surface area contributed by atoms with Crippen molar-refractivity contribution in [2.24, 2.45) is 11.8 Å². The quantitative estimate of drug-likeness (QED) is 0.849. The first kappa shape index (κ1) is 17.9. The molecule has 1 aromatic heterocycles. The van der Waals surface area contributed by atoms with Crippen LogP contribution in [-0.4, -0.2) is 17.0 Å². The molecule has 3 rings (SSSR count). The second-order valence-electron chi connectivity index (χ2n) is 7.06. The van der Waals surface area contributed by atoms with Crippen LogP contribution >= 0.6 is 11.3 Å². The third-order valence-corrected chi connectivity index (χ3v) is 6.65. The number of fused-ring (bicyclic) bond motifs is 1. The van der Waals surface area contributed by atoms with Gasteiger partial charge in [0.15, 0.2) is 0 Å². The number of nitrogens with zero attached hydrogens (tertiary/aromatic N) is 1. The number of hydrogen-bond acceptors (Lipinski definition) is 4. The van der Waals surface area contributed by atoms with Gasteiger partial charge >= 0.3 is 5.97 Å². The molecule has 2 aliphatic rings. The Morgan fingerprint density at radius 3 is 2.40 bits per heavy atom. The summed E-state index contributed by atoms with van der Waals surface area (Å²) in [6.07, 6.45) is 9.36. The molecule has 25 heavy (non-hydrogen) atoms. The lowest BCUT2D eigenvalue weighted by Gasteiger charge is -2.27. The van der Waals surface area contributed by atoms with E-state index in [0.29, 0.717) is 23.4 Å². The van der Waals surface area contributed by atoms with Crippen LogP contribution < -0.4 is 5.32 Å². The van der Waals surface area contributed by atoms with Crippen molar-refractivity contribution in [3.05, 3.63) is 16.0 Å². The zero-order chi connectivity index (χ0) is 17.8. The highest BCUT2D eigenvalue weighted by molar-refractivity contribution is 7.16. The number of aryl methyl sites for hydroxylation is 1. The number of carbonyl (C=O) groups excluding carboxylic acids is 1. The van der Waals surface area contributed by atoms with Crippen molar-refractivity contribution in [2.45, 2.75) is 64.2 Å². The molecule has 134 valence electrons. The van der Waals surface area contributed by atoms with E-state index in [-0.39, 0.29) is 5.91 Å². The third-order valence-electron chi connectivity index (χ3n) is 5.44. The summed E-state index contributed by atoms with van der Waals surface area (Å²) in [6.45, 7) is 0. The van der Waals surface area contributed by atoms with Crippen LogP contribution in [0.25, 0.3) is 0 Å². The highest BCUT2D eigenvalue weighted by Crippen LogP contribution is 2.38. The SMILES string of the molecule is N#Cc1c(NC(=O)[C@H]2CCCC[C@H]2C(=O)O)sc2c1CCCCCC2. The molecule has 0 bridgehead atoms. The van der Waals surface area contributed by atoms with Crippen LogP contribution in [-0.2, 0) is 22.4 Å². The van der Waals surface area contributed by atoms with E-state index in [1.165, 1.54) is 29.1 Å². The first-order chi connectivity index (χ1) is 12.1. The van der Waals surface area contributed by atoms with Crippen molar-refractivity contribution >= 4 is 28.2 Å². The maximum absolute atomic E-state index is 12.7. The van der Waals surface area contributed by atoms with Gasteiger partial charge in [0.05, 0.1) is 17.4 Å². The van der Waals surface area contributed by atoms with Crippen LogP contribution in [0.4, 0.5) is 5.00 Å². The Labute approximate surface area is 152 Å². The Morgan fingerprint density at radius 2 is 1.72 bits per heavy atom. The Morgan fingerprint density at radius 1 is 1.04 bits per heavy atom. The van der Waals surface area contributed by atoms with Gasteiger partial charge in [-0.2, -0.15) is 5.26 Å². The summed E-state index contributed by atoms with van der Waals surface area (Å²) in [6, 6.07) is 2.27. The molecule has 0 saturated heterocycles. The maximum atomic E-state index is 12.7. The molecule has 2 atom stereocenters. The van der Waals surface area contributed by atoms with Gasteiger partial charge in [0.1, 0.15) is 11.1 Å². The molecule has 2 aliphatic carbocycles. The molecule has 1 saturated carbocycles. The molecule has 0 unspecified atom stereocenters. The largest absolute Gasteiger partial charge is 0.481 e. The molecule has 1 aromatic rings. The number of aliphatic carboxylic acids is 1. The Hall–Kier alpha value is -1.87. The van der Waals surface area contributed by atoms with E-state index in [1.807, 2.05) is 0 Å². The van der Waals surface area contributed by atoms with Gasteiger partial charge < -0.3 is 10.4 Å². The van der Waals surface area contributed by atoms with Crippen molar-refractivity contribution in [2.75, 3.05) is 5.32 Å². The summed E-state index contributed by atoms with van der Waals surface area (Å²) < 4.78 is 0. The van der Waals surface area contributed by atoms with E-state index in [0.717, 1.165) is 44.1 Å². The monoisotopic (exact) mass is 360 g/mol. The minimum atomic E-state index is -0.890. The van der Waals surface area contributed by atoms with Gasteiger partial charge in [-0.25, -0.2) is 0 Å². The number of carbonyl (C=O) groups is 2. The van der Waals surface area contributed by atoms with Crippen molar-refractivity contribution in [3.63, 3.8) is 0 Å². The molecule has 1 heterocycles. The maximum Gasteiger partial charge on any atom is 0.307 e. The van der Waals surface area contributed by atoms with Gasteiger partial charge in [-0.15, -0.1) is 11.3 Å². The smallest absolute Gasteiger partial charge is 0.307 e. The molecular weight excluding hydrogens is 336 g/mol. The molecule has 5 nitrogen and oxygen atoms in total. The van der Waals surface area contributed by atoms with E-state index >= 15 is 0 Å². The molecule has 0 spiro atoms. The second-order valence-corrected chi connectivity index (χ2v) is 8.16. The summed E-state index contributed by atoms with van der Waals surface area (Å²) in [5.74, 6) is -2.24. The summed E-state index contributed by atoms with van der Waals surface area (Å²) in [5.41, 5.74) is 1.69. The molecule has 0 radical (unpaired) electrons. The Kier molecular flexibility index (Phi) is 5.74. The normalized spacial score (nSPS) is 23.6. The lowest BCUT2D eigenvalue weighted by atomic mass is 9.79. The van der Waals surface area contributed by atoms with Crippen LogP contribution in [0.1, 0.15) is 67.4 Å². The molecule has 1 amide bonds. The van der Waals surface area contributed by atoms with Gasteiger partial charge in [0.25, 0.3) is 0 Å². The fraction of sp³-hybridized carbons (Fsp3) is 0.632. The van der Waals surface area contributed by atoms with Gasteiger partial charge in [-0.05, 0) is 44.1 Å². The van der Waals surface area contributed by atoms with Crippen LogP contribution in [0.5, 0.6) is 0 Å². The Bertz CT molecular complexity index is 704. The number of nitrogens with one attached hydrogen (secondary N) is 1. The predicted molar refractivity (Wildman–Crippen MR) is 96.6 cm³/mol. The topological polar surface area (TPSA) is 90.2 Å². The van der Waals surface area contributed by atoms with Gasteiger partial charge in [0.2, 0.25) is 5.91 Å². The van der Waals surface area contributed by atoms with Gasteiger partial charge in [0, 0.05) is 4.88 Å². The van der Waals surface area contributed by atoms with E-state index in [2.05, 4.69) is 11.4 Å². The lowest BCUT2D eigenvalue weighted by molar-refractivity contribution is -0.147. The molecule has 0 aliphatic heterocycles. The third kappa shape index (κ3) is 3.87. The van der Waals surface area contributed by atoms with Crippen LogP contribution in [0.2, 0.25) is 0 Å². The standard InChI is InChI=1S/C19H24N2O3S/c20-11-15-12-7-3-1-2-4-10-16(12)25-18(15)21-17(22)13-8-5-6-9-14(13)19(23)24/h13-14H,1-10H2,(H,21,22)(H,23,24)/t13-,14+/m0/s1. The fourth-order valence-corrected chi connectivity index (χ4v) is 5.31. The van der Waals surface area contributed by atoms with Gasteiger partial charge in [-0.1, -0.05) is 25.7 Å². The van der Waals surface area contributed by atoms with E-state index in [9.17, 15) is 20.0 Å². The van der Waals surface area contributed by atoms with E-state index in [4.69, 9.17) is 0 Å². The van der Waals surface area contributed by atoms with Crippen LogP contribution in [0.3, 0.4) is 0 Å². The second kappa shape index (κ2) is 8.01. The number of hydrogen-bond donors (Lipinski definition) is 2. The summed E-state index contributed by atoms with van der Waals surface area (Å²) in [5, 5.41) is 22.5. The number of amides is 1.